The monoisotopic (exact) mass is 229 g/mol. The van der Waals surface area contributed by atoms with Gasteiger partial charge in [-0.2, -0.15) is 5.10 Å². The van der Waals surface area contributed by atoms with Gasteiger partial charge in [0.25, 0.3) is 0 Å². The van der Waals surface area contributed by atoms with E-state index < -0.39 is 0 Å². The summed E-state index contributed by atoms with van der Waals surface area (Å²) in [6, 6.07) is 7.32. The SMILES string of the molecule is O=C1Nc2ccccc2C1NCc1ncn[nH]1. The Morgan fingerprint density at radius 3 is 3.06 bits per heavy atom. The molecule has 86 valence electrons. The number of hydrogen-bond acceptors (Lipinski definition) is 4. The third kappa shape index (κ3) is 1.78. The molecule has 1 amide bonds. The zero-order chi connectivity index (χ0) is 11.7. The van der Waals surface area contributed by atoms with Crippen molar-refractivity contribution < 1.29 is 4.79 Å². The minimum Gasteiger partial charge on any atom is -0.324 e. The van der Waals surface area contributed by atoms with Gasteiger partial charge in [0.05, 0.1) is 6.54 Å². The molecule has 0 saturated heterocycles. The maximum absolute atomic E-state index is 11.8. The lowest BCUT2D eigenvalue weighted by Crippen LogP contribution is -2.27. The summed E-state index contributed by atoms with van der Waals surface area (Å²) in [5, 5.41) is 12.5. The fourth-order valence-electron chi connectivity index (χ4n) is 1.93. The highest BCUT2D eigenvalue weighted by molar-refractivity contribution is 6.02. The van der Waals surface area contributed by atoms with Gasteiger partial charge >= 0.3 is 0 Å². The Balaban J connectivity index is 1.77. The smallest absolute Gasteiger partial charge is 0.246 e. The lowest BCUT2D eigenvalue weighted by atomic mass is 10.1. The van der Waals surface area contributed by atoms with Gasteiger partial charge in [-0.15, -0.1) is 0 Å². The first kappa shape index (κ1) is 9.98. The first-order valence-corrected chi connectivity index (χ1v) is 5.32. The number of carbonyl (C=O) groups is 1. The molecule has 17 heavy (non-hydrogen) atoms. The van der Waals surface area contributed by atoms with Gasteiger partial charge in [0, 0.05) is 11.3 Å². The Morgan fingerprint density at radius 1 is 1.35 bits per heavy atom. The zero-order valence-corrected chi connectivity index (χ0v) is 8.97. The first-order valence-electron chi connectivity index (χ1n) is 5.32. The number of carbonyl (C=O) groups excluding carboxylic acids is 1. The molecule has 2 aromatic rings. The van der Waals surface area contributed by atoms with Crippen molar-refractivity contribution in [2.45, 2.75) is 12.6 Å². The second-order valence-electron chi connectivity index (χ2n) is 3.82. The molecule has 6 nitrogen and oxygen atoms in total. The molecular weight excluding hydrogens is 218 g/mol. The van der Waals surface area contributed by atoms with E-state index in [9.17, 15) is 4.79 Å². The Bertz CT molecular complexity index is 537. The Kier molecular flexibility index (Phi) is 2.34. The molecule has 0 radical (unpaired) electrons. The summed E-state index contributed by atoms with van der Waals surface area (Å²) in [4.78, 5) is 15.8. The second-order valence-corrected chi connectivity index (χ2v) is 3.82. The van der Waals surface area contributed by atoms with Crippen LogP contribution in [0, 0.1) is 0 Å². The molecule has 0 fully saturated rings. The number of para-hydroxylation sites is 1. The highest BCUT2D eigenvalue weighted by Crippen LogP contribution is 2.30. The van der Waals surface area contributed by atoms with Crippen LogP contribution in [0.3, 0.4) is 0 Å². The van der Waals surface area contributed by atoms with Gasteiger partial charge in [-0.05, 0) is 6.07 Å². The molecule has 0 spiro atoms. The second kappa shape index (κ2) is 3.99. The van der Waals surface area contributed by atoms with Gasteiger partial charge in [0.1, 0.15) is 18.2 Å². The standard InChI is InChI=1S/C11H11N5O/c17-11-10(12-5-9-13-6-14-16-9)7-3-1-2-4-8(7)15-11/h1-4,6,10,12H,5H2,(H,15,17)(H,13,14,16). The van der Waals surface area contributed by atoms with Gasteiger partial charge in [0.15, 0.2) is 0 Å². The molecule has 0 aliphatic carbocycles. The summed E-state index contributed by atoms with van der Waals surface area (Å²) < 4.78 is 0. The molecule has 1 aliphatic rings. The third-order valence-electron chi connectivity index (χ3n) is 2.73. The van der Waals surface area contributed by atoms with Crippen molar-refractivity contribution in [1.82, 2.24) is 20.5 Å². The molecule has 6 heteroatoms. The lowest BCUT2D eigenvalue weighted by Gasteiger charge is -2.09. The molecule has 1 atom stereocenters. The number of fused-ring (bicyclic) bond motifs is 1. The molecular formula is C11H11N5O. The molecule has 2 heterocycles. The fraction of sp³-hybridized carbons (Fsp3) is 0.182. The maximum atomic E-state index is 11.8. The van der Waals surface area contributed by atoms with Crippen molar-refractivity contribution in [2.75, 3.05) is 5.32 Å². The molecule has 1 aromatic heterocycles. The van der Waals surface area contributed by atoms with E-state index in [2.05, 4.69) is 25.8 Å². The number of H-pyrrole nitrogens is 1. The van der Waals surface area contributed by atoms with Crippen LogP contribution in [0.2, 0.25) is 0 Å². The summed E-state index contributed by atoms with van der Waals surface area (Å²) in [6.45, 7) is 0.479. The van der Waals surface area contributed by atoms with Crippen LogP contribution in [0.25, 0.3) is 0 Å². The van der Waals surface area contributed by atoms with Crippen LogP contribution in [0.1, 0.15) is 17.4 Å². The third-order valence-corrected chi connectivity index (χ3v) is 2.73. The van der Waals surface area contributed by atoms with Crippen LogP contribution < -0.4 is 10.6 Å². The fourth-order valence-corrected chi connectivity index (χ4v) is 1.93. The summed E-state index contributed by atoms with van der Waals surface area (Å²) in [5.74, 6) is 0.674. The van der Waals surface area contributed by atoms with E-state index in [1.165, 1.54) is 6.33 Å². The van der Waals surface area contributed by atoms with Crippen LogP contribution in [-0.4, -0.2) is 21.1 Å². The number of amides is 1. The average Bonchev–Trinajstić information content (AvgIpc) is 2.93. The van der Waals surface area contributed by atoms with Crippen LogP contribution in [0.5, 0.6) is 0 Å². The molecule has 3 rings (SSSR count). The van der Waals surface area contributed by atoms with Crippen molar-refractivity contribution in [2.24, 2.45) is 0 Å². The number of aromatic nitrogens is 3. The summed E-state index contributed by atoms with van der Waals surface area (Å²) in [5.41, 5.74) is 1.84. The molecule has 1 aromatic carbocycles. The Hall–Kier alpha value is -2.21. The quantitative estimate of drug-likeness (QED) is 0.719. The largest absolute Gasteiger partial charge is 0.324 e. The zero-order valence-electron chi connectivity index (χ0n) is 8.97. The summed E-state index contributed by atoms with van der Waals surface area (Å²) in [7, 11) is 0. The van der Waals surface area contributed by atoms with E-state index in [4.69, 9.17) is 0 Å². The van der Waals surface area contributed by atoms with Crippen LogP contribution in [0.4, 0.5) is 5.69 Å². The van der Waals surface area contributed by atoms with Crippen molar-refractivity contribution in [3.63, 3.8) is 0 Å². The number of rotatable bonds is 3. The number of benzene rings is 1. The van der Waals surface area contributed by atoms with Crippen LogP contribution in [-0.2, 0) is 11.3 Å². The maximum Gasteiger partial charge on any atom is 0.246 e. The minimum absolute atomic E-state index is 0.0364. The molecule has 3 N–H and O–H groups in total. The average molecular weight is 229 g/mol. The number of nitrogens with zero attached hydrogens (tertiary/aromatic N) is 2. The van der Waals surface area contributed by atoms with Gasteiger partial charge in [-0.3, -0.25) is 15.2 Å². The van der Waals surface area contributed by atoms with E-state index in [0.29, 0.717) is 12.4 Å². The van der Waals surface area contributed by atoms with Gasteiger partial charge in [0.2, 0.25) is 5.91 Å². The molecule has 0 saturated carbocycles. The van der Waals surface area contributed by atoms with Crippen LogP contribution in [0.15, 0.2) is 30.6 Å². The Morgan fingerprint density at radius 2 is 2.24 bits per heavy atom. The molecule has 1 unspecified atom stereocenters. The van der Waals surface area contributed by atoms with Gasteiger partial charge < -0.3 is 5.32 Å². The van der Waals surface area contributed by atoms with Crippen molar-refractivity contribution >= 4 is 11.6 Å². The normalized spacial score (nSPS) is 17.9. The van der Waals surface area contributed by atoms with E-state index in [-0.39, 0.29) is 11.9 Å². The lowest BCUT2D eigenvalue weighted by molar-refractivity contribution is -0.117. The van der Waals surface area contributed by atoms with Crippen LogP contribution >= 0.6 is 0 Å². The predicted octanol–water partition coefficient (Wildman–Crippen LogP) is 0.588. The number of hydrogen-bond donors (Lipinski definition) is 3. The predicted molar refractivity (Wildman–Crippen MR) is 61.0 cm³/mol. The van der Waals surface area contributed by atoms with E-state index in [1.807, 2.05) is 24.3 Å². The summed E-state index contributed by atoms with van der Waals surface area (Å²) in [6.07, 6.45) is 1.44. The van der Waals surface area contributed by atoms with Crippen molar-refractivity contribution in [3.05, 3.63) is 42.0 Å². The van der Waals surface area contributed by atoms with E-state index >= 15 is 0 Å². The topological polar surface area (TPSA) is 82.7 Å². The highest BCUT2D eigenvalue weighted by atomic mass is 16.2. The number of aromatic amines is 1. The first-order chi connectivity index (χ1) is 8.34. The van der Waals surface area contributed by atoms with E-state index in [0.717, 1.165) is 11.3 Å². The number of nitrogens with one attached hydrogen (secondary N) is 3. The van der Waals surface area contributed by atoms with Crippen molar-refractivity contribution in [3.8, 4) is 0 Å². The molecule has 0 bridgehead atoms. The number of anilines is 1. The minimum atomic E-state index is -0.323. The van der Waals surface area contributed by atoms with Crippen molar-refractivity contribution in [1.29, 1.82) is 0 Å². The van der Waals surface area contributed by atoms with E-state index in [1.54, 1.807) is 0 Å². The summed E-state index contributed by atoms with van der Waals surface area (Å²) >= 11 is 0. The van der Waals surface area contributed by atoms with Gasteiger partial charge in [-0.25, -0.2) is 4.98 Å². The Labute approximate surface area is 97.5 Å². The van der Waals surface area contributed by atoms with Gasteiger partial charge in [-0.1, -0.05) is 18.2 Å². The highest BCUT2D eigenvalue weighted by Gasteiger charge is 2.29. The molecule has 1 aliphatic heterocycles.